The molecule has 44 heavy (non-hydrogen) atoms. The van der Waals surface area contributed by atoms with Gasteiger partial charge in [-0.1, -0.05) is 66.7 Å². The predicted molar refractivity (Wildman–Crippen MR) is 172 cm³/mol. The van der Waals surface area contributed by atoms with Gasteiger partial charge in [0, 0.05) is 25.1 Å². The molecule has 2 atom stereocenters. The largest absolute Gasteiger partial charge is 0.493 e. The average molecular weight is 621 g/mol. The summed E-state index contributed by atoms with van der Waals surface area (Å²) in [5, 5.41) is 3.24. The van der Waals surface area contributed by atoms with Crippen LogP contribution in [0.4, 0.5) is 0 Å². The van der Waals surface area contributed by atoms with Crippen LogP contribution in [0.2, 0.25) is 0 Å². The number of ether oxygens (including phenoxy) is 3. The lowest BCUT2D eigenvalue weighted by Gasteiger charge is -2.26. The Bertz CT molecular complexity index is 1400. The summed E-state index contributed by atoms with van der Waals surface area (Å²) in [7, 11) is -1.11. The van der Waals surface area contributed by atoms with E-state index >= 15 is 0 Å². The third kappa shape index (κ3) is 8.94. The molecule has 0 radical (unpaired) electrons. The second kappa shape index (κ2) is 16.4. The third-order valence-corrected chi connectivity index (χ3v) is 9.87. The molecule has 3 aromatic rings. The van der Waals surface area contributed by atoms with Crippen LogP contribution in [0.15, 0.2) is 96.4 Å². The molecule has 4 rings (SSSR count). The number of nitrogens with one attached hydrogen (secondary N) is 1. The van der Waals surface area contributed by atoms with Gasteiger partial charge in [0.2, 0.25) is 15.9 Å². The number of carbonyl (C=O) groups excluding carboxylic acids is 1. The molecule has 0 aromatic heterocycles. The van der Waals surface area contributed by atoms with Gasteiger partial charge in [0.05, 0.1) is 31.8 Å². The van der Waals surface area contributed by atoms with Gasteiger partial charge in [0.25, 0.3) is 0 Å². The minimum absolute atomic E-state index is 0.0274. The van der Waals surface area contributed by atoms with Crippen LogP contribution in [0.3, 0.4) is 0 Å². The molecule has 1 aliphatic rings. The topological polar surface area (TPSA) is 94.2 Å². The van der Waals surface area contributed by atoms with Crippen molar-refractivity contribution in [1.29, 1.82) is 0 Å². The molecule has 8 nitrogen and oxygen atoms in total. The van der Waals surface area contributed by atoms with Crippen molar-refractivity contribution in [2.45, 2.75) is 68.0 Å². The summed E-state index contributed by atoms with van der Waals surface area (Å²) in [4.78, 5) is 13.9. The fourth-order valence-corrected chi connectivity index (χ4v) is 7.34. The second-order valence-corrected chi connectivity index (χ2v) is 12.9. The van der Waals surface area contributed by atoms with E-state index in [1.165, 1.54) is 41.8 Å². The van der Waals surface area contributed by atoms with E-state index in [1.807, 2.05) is 36.4 Å². The SMILES string of the molecule is C=CCO[C@H]1C[C@@H](C(=O)NC(CCCc2ccccc2)CCCc2ccccc2)N(S(=O)(=O)c2ccc(OC)c(OC)c2)C1. The summed E-state index contributed by atoms with van der Waals surface area (Å²) >= 11 is 0. The molecule has 0 aliphatic carbocycles. The first kappa shape index (κ1) is 33.2. The molecular weight excluding hydrogens is 576 g/mol. The van der Waals surface area contributed by atoms with E-state index in [1.54, 1.807) is 12.1 Å². The molecule has 1 heterocycles. The highest BCUT2D eigenvalue weighted by atomic mass is 32.2. The number of carbonyl (C=O) groups is 1. The Balaban J connectivity index is 1.51. The van der Waals surface area contributed by atoms with Gasteiger partial charge in [-0.2, -0.15) is 4.31 Å². The van der Waals surface area contributed by atoms with Crippen LogP contribution in [0.25, 0.3) is 0 Å². The maximum atomic E-state index is 14.0. The molecule has 0 unspecified atom stereocenters. The van der Waals surface area contributed by atoms with E-state index in [0.717, 1.165) is 38.5 Å². The summed E-state index contributed by atoms with van der Waals surface area (Å²) in [6.07, 6.45) is 6.66. The summed E-state index contributed by atoms with van der Waals surface area (Å²) < 4.78 is 45.7. The zero-order chi connectivity index (χ0) is 31.4. The molecule has 236 valence electrons. The van der Waals surface area contributed by atoms with Crippen molar-refractivity contribution in [3.05, 3.63) is 103 Å². The number of benzene rings is 3. The number of aryl methyl sites for hydroxylation is 2. The van der Waals surface area contributed by atoms with Crippen molar-refractivity contribution in [2.75, 3.05) is 27.4 Å². The Labute approximate surface area is 262 Å². The average Bonchev–Trinajstić information content (AvgIpc) is 3.50. The van der Waals surface area contributed by atoms with Crippen LogP contribution >= 0.6 is 0 Å². The lowest BCUT2D eigenvalue weighted by molar-refractivity contribution is -0.125. The quantitative estimate of drug-likeness (QED) is 0.199. The van der Waals surface area contributed by atoms with Crippen molar-refractivity contribution in [3.8, 4) is 11.5 Å². The molecule has 1 amide bonds. The standard InChI is InChI=1S/C35H44N2O6S/c1-4-23-43-30-24-32(37(26-30)44(39,40)31-21-22-33(41-2)34(25-31)42-3)35(38)36-29(19-11-17-27-13-7-5-8-14-27)20-12-18-28-15-9-6-10-16-28/h4-10,13-16,21-22,25,29-30,32H,1,11-12,17-20,23-24,26H2,2-3H3,(H,36,38)/t30-,32-/m0/s1. The van der Waals surface area contributed by atoms with E-state index in [2.05, 4.69) is 36.2 Å². The van der Waals surface area contributed by atoms with Crippen LogP contribution in [-0.2, 0) is 32.4 Å². The molecular formula is C35H44N2O6S. The molecule has 0 saturated carbocycles. The van der Waals surface area contributed by atoms with Gasteiger partial charge in [-0.25, -0.2) is 8.42 Å². The first-order valence-corrected chi connectivity index (χ1v) is 16.6. The Hall–Kier alpha value is -3.66. The zero-order valence-electron chi connectivity index (χ0n) is 25.7. The van der Waals surface area contributed by atoms with Gasteiger partial charge in [0.1, 0.15) is 6.04 Å². The van der Waals surface area contributed by atoms with Gasteiger partial charge in [0.15, 0.2) is 11.5 Å². The number of amides is 1. The molecule has 1 saturated heterocycles. The van der Waals surface area contributed by atoms with Crippen LogP contribution in [0.5, 0.6) is 11.5 Å². The van der Waals surface area contributed by atoms with Gasteiger partial charge >= 0.3 is 0 Å². The maximum Gasteiger partial charge on any atom is 0.244 e. The normalized spacial score (nSPS) is 17.0. The lowest BCUT2D eigenvalue weighted by atomic mass is 9.98. The summed E-state index contributed by atoms with van der Waals surface area (Å²) in [6, 6.07) is 24.1. The number of methoxy groups -OCH3 is 2. The monoisotopic (exact) mass is 620 g/mol. The molecule has 1 fully saturated rings. The smallest absolute Gasteiger partial charge is 0.244 e. The predicted octanol–water partition coefficient (Wildman–Crippen LogP) is 5.57. The first-order chi connectivity index (χ1) is 21.3. The fourth-order valence-electron chi connectivity index (χ4n) is 5.69. The third-order valence-electron chi connectivity index (χ3n) is 8.00. The Morgan fingerprint density at radius 3 is 2.07 bits per heavy atom. The van der Waals surface area contributed by atoms with E-state index in [-0.39, 0.29) is 36.4 Å². The van der Waals surface area contributed by atoms with Crippen LogP contribution in [-0.4, -0.2) is 64.2 Å². The van der Waals surface area contributed by atoms with Crippen molar-refractivity contribution >= 4 is 15.9 Å². The van der Waals surface area contributed by atoms with Crippen LogP contribution in [0, 0.1) is 0 Å². The van der Waals surface area contributed by atoms with Gasteiger partial charge in [-0.05, 0) is 61.8 Å². The Kier molecular flexibility index (Phi) is 12.4. The highest BCUT2D eigenvalue weighted by Crippen LogP contribution is 2.34. The molecule has 0 spiro atoms. The summed E-state index contributed by atoms with van der Waals surface area (Å²) in [6.45, 7) is 4.04. The number of sulfonamides is 1. The van der Waals surface area contributed by atoms with Crippen molar-refractivity contribution < 1.29 is 27.4 Å². The van der Waals surface area contributed by atoms with E-state index in [9.17, 15) is 13.2 Å². The molecule has 3 aromatic carbocycles. The van der Waals surface area contributed by atoms with Crippen LogP contribution in [0.1, 0.15) is 43.2 Å². The lowest BCUT2D eigenvalue weighted by Crippen LogP contribution is -2.48. The molecule has 0 bridgehead atoms. The van der Waals surface area contributed by atoms with Gasteiger partial charge < -0.3 is 19.5 Å². The summed E-state index contributed by atoms with van der Waals surface area (Å²) in [5.74, 6) is 0.413. The van der Waals surface area contributed by atoms with E-state index in [0.29, 0.717) is 11.5 Å². The van der Waals surface area contributed by atoms with Crippen molar-refractivity contribution in [1.82, 2.24) is 9.62 Å². The Morgan fingerprint density at radius 1 is 0.932 bits per heavy atom. The first-order valence-electron chi connectivity index (χ1n) is 15.2. The Morgan fingerprint density at radius 2 is 1.52 bits per heavy atom. The fraction of sp³-hybridized carbons (Fsp3) is 0.400. The number of hydrogen-bond donors (Lipinski definition) is 1. The second-order valence-electron chi connectivity index (χ2n) is 11.0. The van der Waals surface area contributed by atoms with Crippen LogP contribution < -0.4 is 14.8 Å². The van der Waals surface area contributed by atoms with Gasteiger partial charge in [-0.3, -0.25) is 4.79 Å². The van der Waals surface area contributed by atoms with E-state index in [4.69, 9.17) is 14.2 Å². The minimum atomic E-state index is -4.06. The highest BCUT2D eigenvalue weighted by Gasteiger charge is 2.45. The number of rotatable bonds is 17. The van der Waals surface area contributed by atoms with Crippen molar-refractivity contribution in [3.63, 3.8) is 0 Å². The van der Waals surface area contributed by atoms with Crippen molar-refractivity contribution in [2.24, 2.45) is 0 Å². The minimum Gasteiger partial charge on any atom is -0.493 e. The highest BCUT2D eigenvalue weighted by molar-refractivity contribution is 7.89. The number of nitrogens with zero attached hydrogens (tertiary/aromatic N) is 1. The maximum absolute atomic E-state index is 14.0. The molecule has 1 aliphatic heterocycles. The molecule has 1 N–H and O–H groups in total. The van der Waals surface area contributed by atoms with Gasteiger partial charge in [-0.15, -0.1) is 6.58 Å². The number of hydrogen-bond acceptors (Lipinski definition) is 6. The summed E-state index contributed by atoms with van der Waals surface area (Å²) in [5.41, 5.74) is 2.51. The van der Waals surface area contributed by atoms with E-state index < -0.39 is 22.2 Å². The zero-order valence-corrected chi connectivity index (χ0v) is 26.5. The molecule has 9 heteroatoms.